The predicted molar refractivity (Wildman–Crippen MR) is 99.1 cm³/mol. The summed E-state index contributed by atoms with van der Waals surface area (Å²) in [5.74, 6) is -0.255. The summed E-state index contributed by atoms with van der Waals surface area (Å²) in [6, 6.07) is 0.0811. The Labute approximate surface area is 156 Å². The van der Waals surface area contributed by atoms with E-state index >= 15 is 0 Å². The van der Waals surface area contributed by atoms with E-state index in [1.807, 2.05) is 12.3 Å². The molecule has 0 unspecified atom stereocenters. The first-order chi connectivity index (χ1) is 12.6. The van der Waals surface area contributed by atoms with Crippen LogP contribution in [0.4, 0.5) is 5.13 Å². The molecule has 1 saturated heterocycles. The number of nitrogens with zero attached hydrogens (tertiary/aromatic N) is 4. The zero-order valence-electron chi connectivity index (χ0n) is 14.6. The van der Waals surface area contributed by atoms with Crippen LogP contribution in [-0.4, -0.2) is 57.3 Å². The van der Waals surface area contributed by atoms with Crippen LogP contribution in [0.2, 0.25) is 0 Å². The third-order valence-electron chi connectivity index (χ3n) is 4.22. The summed E-state index contributed by atoms with van der Waals surface area (Å²) in [6.07, 6.45) is 7.36. The summed E-state index contributed by atoms with van der Waals surface area (Å²) in [5.41, 5.74) is 1.11. The third kappa shape index (κ3) is 5.30. The molecule has 0 radical (unpaired) electrons. The number of carbonyl (C=O) groups is 2. The summed E-state index contributed by atoms with van der Waals surface area (Å²) < 4.78 is 0. The molecule has 1 atom stereocenters. The lowest BCUT2D eigenvalue weighted by Gasteiger charge is -2.19. The summed E-state index contributed by atoms with van der Waals surface area (Å²) in [6.45, 7) is 3.76. The summed E-state index contributed by atoms with van der Waals surface area (Å²) in [5, 5.41) is 8.28. The molecular weight excluding hydrogens is 352 g/mol. The van der Waals surface area contributed by atoms with Gasteiger partial charge in [-0.15, -0.1) is 11.3 Å². The molecule has 0 aromatic carbocycles. The molecule has 0 spiro atoms. The van der Waals surface area contributed by atoms with Gasteiger partial charge in [0.2, 0.25) is 5.91 Å². The molecule has 2 N–H and O–H groups in total. The summed E-state index contributed by atoms with van der Waals surface area (Å²) in [7, 11) is 0. The quantitative estimate of drug-likeness (QED) is 0.822. The molecule has 3 rings (SSSR count). The number of rotatable bonds is 5. The monoisotopic (exact) mass is 374 g/mol. The lowest BCUT2D eigenvalue weighted by atomic mass is 10.1. The van der Waals surface area contributed by atoms with Crippen molar-refractivity contribution in [1.82, 2.24) is 25.2 Å². The third-order valence-corrected chi connectivity index (χ3v) is 4.90. The first-order valence-corrected chi connectivity index (χ1v) is 9.49. The molecule has 1 aliphatic heterocycles. The Balaban J connectivity index is 1.46. The van der Waals surface area contributed by atoms with Crippen LogP contribution in [-0.2, 0) is 4.79 Å². The number of thiazole rings is 1. The van der Waals surface area contributed by atoms with Crippen molar-refractivity contribution in [3.05, 3.63) is 35.4 Å². The van der Waals surface area contributed by atoms with Crippen LogP contribution in [0, 0.1) is 6.92 Å². The molecule has 2 aromatic rings. The van der Waals surface area contributed by atoms with Gasteiger partial charge in [0.25, 0.3) is 5.91 Å². The van der Waals surface area contributed by atoms with Crippen molar-refractivity contribution in [3.8, 4) is 0 Å². The van der Waals surface area contributed by atoms with Gasteiger partial charge >= 0.3 is 0 Å². The number of likely N-dealkylation sites (tertiary alicyclic amines) is 1. The minimum absolute atomic E-state index is 0.0580. The molecule has 9 heteroatoms. The molecule has 0 aliphatic carbocycles. The van der Waals surface area contributed by atoms with Gasteiger partial charge in [-0.2, -0.15) is 0 Å². The summed E-state index contributed by atoms with van der Waals surface area (Å²) >= 11 is 1.40. The molecule has 0 bridgehead atoms. The molecular formula is C17H22N6O2S. The molecule has 3 heterocycles. The Hall–Kier alpha value is -2.39. The van der Waals surface area contributed by atoms with Crippen molar-refractivity contribution < 1.29 is 9.59 Å². The van der Waals surface area contributed by atoms with Gasteiger partial charge in [-0.3, -0.25) is 19.5 Å². The molecule has 138 valence electrons. The Morgan fingerprint density at radius 2 is 2.12 bits per heavy atom. The van der Waals surface area contributed by atoms with E-state index in [-0.39, 0.29) is 17.9 Å². The van der Waals surface area contributed by atoms with E-state index in [4.69, 9.17) is 0 Å². The second-order valence-electron chi connectivity index (χ2n) is 6.31. The standard InChI is InChI=1S/C17H22N6O2S/c1-12-9-20-14(10-19-12)16(25)21-13-3-2-6-23(7-4-13)11-15(24)22-17-18-5-8-26-17/h5,8-10,13H,2-4,6-7,11H2,1H3,(H,21,25)(H,18,22,24)/t13-/m1/s1. The number of hydrogen-bond acceptors (Lipinski definition) is 7. The number of carbonyl (C=O) groups excluding carboxylic acids is 2. The van der Waals surface area contributed by atoms with Gasteiger partial charge in [0, 0.05) is 30.4 Å². The zero-order chi connectivity index (χ0) is 18.4. The van der Waals surface area contributed by atoms with Gasteiger partial charge in [0.15, 0.2) is 5.13 Å². The Morgan fingerprint density at radius 3 is 2.85 bits per heavy atom. The van der Waals surface area contributed by atoms with Crippen molar-refractivity contribution in [2.75, 3.05) is 25.0 Å². The SMILES string of the molecule is Cc1cnc(C(=O)N[C@@H]2CCCN(CC(=O)Nc3nccs3)CC2)cn1. The Kier molecular flexibility index (Phi) is 6.24. The normalized spacial score (nSPS) is 18.1. The predicted octanol–water partition coefficient (Wildman–Crippen LogP) is 1.46. The van der Waals surface area contributed by atoms with Crippen LogP contribution in [0.5, 0.6) is 0 Å². The fourth-order valence-corrected chi connectivity index (χ4v) is 3.42. The van der Waals surface area contributed by atoms with Gasteiger partial charge in [-0.25, -0.2) is 9.97 Å². The Bertz CT molecular complexity index is 734. The van der Waals surface area contributed by atoms with Crippen molar-refractivity contribution >= 4 is 28.3 Å². The van der Waals surface area contributed by atoms with Crippen LogP contribution in [0.1, 0.15) is 35.4 Å². The van der Waals surface area contributed by atoms with Gasteiger partial charge in [-0.1, -0.05) is 0 Å². The van der Waals surface area contributed by atoms with Crippen molar-refractivity contribution in [2.24, 2.45) is 0 Å². The van der Waals surface area contributed by atoms with E-state index in [1.54, 1.807) is 12.4 Å². The molecule has 26 heavy (non-hydrogen) atoms. The highest BCUT2D eigenvalue weighted by atomic mass is 32.1. The van der Waals surface area contributed by atoms with Crippen molar-refractivity contribution in [1.29, 1.82) is 0 Å². The smallest absolute Gasteiger partial charge is 0.271 e. The number of aryl methyl sites for hydroxylation is 1. The van der Waals surface area contributed by atoms with Gasteiger partial charge < -0.3 is 10.6 Å². The Morgan fingerprint density at radius 1 is 1.23 bits per heavy atom. The maximum atomic E-state index is 12.3. The number of aromatic nitrogens is 3. The molecule has 1 aliphatic rings. The first-order valence-electron chi connectivity index (χ1n) is 8.61. The second kappa shape index (κ2) is 8.81. The van der Waals surface area contributed by atoms with Crippen molar-refractivity contribution in [2.45, 2.75) is 32.2 Å². The van der Waals surface area contributed by atoms with Crippen LogP contribution >= 0.6 is 11.3 Å². The molecule has 2 aromatic heterocycles. The topological polar surface area (TPSA) is 100 Å². The van der Waals surface area contributed by atoms with E-state index in [0.29, 0.717) is 17.4 Å². The number of nitrogens with one attached hydrogen (secondary N) is 2. The largest absolute Gasteiger partial charge is 0.348 e. The second-order valence-corrected chi connectivity index (χ2v) is 7.20. The maximum absolute atomic E-state index is 12.3. The van der Waals surface area contributed by atoms with E-state index in [2.05, 4.69) is 30.5 Å². The molecule has 0 saturated carbocycles. The average Bonchev–Trinajstić information content (AvgIpc) is 3.03. The highest BCUT2D eigenvalue weighted by Gasteiger charge is 2.21. The van der Waals surface area contributed by atoms with Crippen LogP contribution < -0.4 is 10.6 Å². The van der Waals surface area contributed by atoms with E-state index in [1.165, 1.54) is 17.5 Å². The number of amides is 2. The lowest BCUT2D eigenvalue weighted by Crippen LogP contribution is -2.37. The van der Waals surface area contributed by atoms with Crippen LogP contribution in [0.25, 0.3) is 0 Å². The molecule has 1 fully saturated rings. The van der Waals surface area contributed by atoms with E-state index in [0.717, 1.165) is 38.0 Å². The average molecular weight is 374 g/mol. The zero-order valence-corrected chi connectivity index (χ0v) is 15.5. The lowest BCUT2D eigenvalue weighted by molar-refractivity contribution is -0.117. The first kappa shape index (κ1) is 18.4. The maximum Gasteiger partial charge on any atom is 0.271 e. The van der Waals surface area contributed by atoms with Gasteiger partial charge in [0.1, 0.15) is 5.69 Å². The minimum atomic E-state index is -0.197. The summed E-state index contributed by atoms with van der Waals surface area (Å²) in [4.78, 5) is 38.8. The fourth-order valence-electron chi connectivity index (χ4n) is 2.87. The minimum Gasteiger partial charge on any atom is -0.348 e. The number of hydrogen-bond donors (Lipinski definition) is 2. The van der Waals surface area contributed by atoms with E-state index in [9.17, 15) is 9.59 Å². The van der Waals surface area contributed by atoms with Crippen molar-refractivity contribution in [3.63, 3.8) is 0 Å². The molecule has 8 nitrogen and oxygen atoms in total. The van der Waals surface area contributed by atoms with Crippen LogP contribution in [0.3, 0.4) is 0 Å². The van der Waals surface area contributed by atoms with E-state index < -0.39 is 0 Å². The molecule has 2 amide bonds. The van der Waals surface area contributed by atoms with Crippen LogP contribution in [0.15, 0.2) is 24.0 Å². The van der Waals surface area contributed by atoms with Gasteiger partial charge in [0.05, 0.1) is 18.4 Å². The highest BCUT2D eigenvalue weighted by Crippen LogP contribution is 2.13. The number of anilines is 1. The fraction of sp³-hybridized carbons (Fsp3) is 0.471. The van der Waals surface area contributed by atoms with Gasteiger partial charge in [-0.05, 0) is 32.7 Å². The highest BCUT2D eigenvalue weighted by molar-refractivity contribution is 7.13.